The summed E-state index contributed by atoms with van der Waals surface area (Å²) < 4.78 is 5.81. The highest BCUT2D eigenvalue weighted by molar-refractivity contribution is 9.09. The molecule has 0 N–H and O–H groups in total. The lowest BCUT2D eigenvalue weighted by atomic mass is 10.1. The summed E-state index contributed by atoms with van der Waals surface area (Å²) in [5.74, 6) is 0.925. The molecule has 0 aliphatic rings. The first-order chi connectivity index (χ1) is 9.19. The SMILES string of the molecule is CCc1ccc(OCc2cccc(C(C)Br)c2)cc1. The van der Waals surface area contributed by atoms with Crippen LogP contribution in [-0.2, 0) is 13.0 Å². The predicted octanol–water partition coefficient (Wildman–Crippen LogP) is 5.28. The molecule has 0 bridgehead atoms. The van der Waals surface area contributed by atoms with Crippen LogP contribution in [0.3, 0.4) is 0 Å². The molecule has 1 nitrogen and oxygen atoms in total. The average molecular weight is 319 g/mol. The van der Waals surface area contributed by atoms with Crippen LogP contribution in [0.25, 0.3) is 0 Å². The fourth-order valence-electron chi connectivity index (χ4n) is 1.92. The lowest BCUT2D eigenvalue weighted by molar-refractivity contribution is 0.306. The molecule has 0 radical (unpaired) electrons. The zero-order chi connectivity index (χ0) is 13.7. The first-order valence-corrected chi connectivity index (χ1v) is 7.55. The standard InChI is InChI=1S/C17H19BrO/c1-3-14-7-9-17(10-8-14)19-12-15-5-4-6-16(11-15)13(2)18/h4-11,13H,3,12H2,1-2H3. The highest BCUT2D eigenvalue weighted by Crippen LogP contribution is 2.23. The Labute approximate surface area is 123 Å². The Morgan fingerprint density at radius 1 is 1.05 bits per heavy atom. The number of rotatable bonds is 5. The van der Waals surface area contributed by atoms with E-state index in [1.165, 1.54) is 16.7 Å². The molecule has 0 amide bonds. The van der Waals surface area contributed by atoms with E-state index in [1.54, 1.807) is 0 Å². The van der Waals surface area contributed by atoms with E-state index in [9.17, 15) is 0 Å². The predicted molar refractivity (Wildman–Crippen MR) is 83.9 cm³/mol. The van der Waals surface area contributed by atoms with Crippen LogP contribution in [-0.4, -0.2) is 0 Å². The Balaban J connectivity index is 1.99. The smallest absolute Gasteiger partial charge is 0.119 e. The Morgan fingerprint density at radius 3 is 2.42 bits per heavy atom. The van der Waals surface area contributed by atoms with Gasteiger partial charge in [-0.1, -0.05) is 59.3 Å². The number of hydrogen-bond acceptors (Lipinski definition) is 1. The van der Waals surface area contributed by atoms with Crippen LogP contribution >= 0.6 is 15.9 Å². The molecule has 1 unspecified atom stereocenters. The van der Waals surface area contributed by atoms with Crippen molar-refractivity contribution in [2.45, 2.75) is 31.7 Å². The van der Waals surface area contributed by atoms with E-state index in [0.717, 1.165) is 12.2 Å². The summed E-state index contributed by atoms with van der Waals surface area (Å²) in [7, 11) is 0. The topological polar surface area (TPSA) is 9.23 Å². The minimum Gasteiger partial charge on any atom is -0.489 e. The maximum Gasteiger partial charge on any atom is 0.119 e. The molecule has 0 spiro atoms. The van der Waals surface area contributed by atoms with Crippen LogP contribution in [0.5, 0.6) is 5.75 Å². The summed E-state index contributed by atoms with van der Waals surface area (Å²) in [5, 5.41) is 0. The number of hydrogen-bond donors (Lipinski definition) is 0. The van der Waals surface area contributed by atoms with Crippen LogP contribution in [0.2, 0.25) is 0 Å². The molecule has 0 saturated heterocycles. The number of ether oxygens (including phenoxy) is 1. The maximum absolute atomic E-state index is 5.81. The van der Waals surface area contributed by atoms with Gasteiger partial charge >= 0.3 is 0 Å². The summed E-state index contributed by atoms with van der Waals surface area (Å²) in [6.07, 6.45) is 1.06. The van der Waals surface area contributed by atoms with E-state index >= 15 is 0 Å². The molecule has 2 heteroatoms. The van der Waals surface area contributed by atoms with Gasteiger partial charge in [-0.15, -0.1) is 0 Å². The van der Waals surface area contributed by atoms with Crippen LogP contribution in [0.4, 0.5) is 0 Å². The fourth-order valence-corrected chi connectivity index (χ4v) is 2.20. The fraction of sp³-hybridized carbons (Fsp3) is 0.294. The zero-order valence-electron chi connectivity index (χ0n) is 11.4. The normalized spacial score (nSPS) is 12.2. The van der Waals surface area contributed by atoms with Crippen molar-refractivity contribution in [3.8, 4) is 5.75 Å². The molecule has 0 aliphatic heterocycles. The molecule has 0 saturated carbocycles. The maximum atomic E-state index is 5.81. The minimum atomic E-state index is 0.372. The van der Waals surface area contributed by atoms with Crippen molar-refractivity contribution < 1.29 is 4.74 Å². The first-order valence-electron chi connectivity index (χ1n) is 6.63. The lowest BCUT2D eigenvalue weighted by Gasteiger charge is -2.09. The van der Waals surface area contributed by atoms with Gasteiger partial charge in [0.2, 0.25) is 0 Å². The Bertz CT molecular complexity index is 517. The second kappa shape index (κ2) is 6.76. The summed E-state index contributed by atoms with van der Waals surface area (Å²) in [6, 6.07) is 16.8. The summed E-state index contributed by atoms with van der Waals surface area (Å²) in [5.41, 5.74) is 3.81. The zero-order valence-corrected chi connectivity index (χ0v) is 13.0. The molecule has 19 heavy (non-hydrogen) atoms. The molecule has 0 heterocycles. The molecular weight excluding hydrogens is 300 g/mol. The van der Waals surface area contributed by atoms with Crippen molar-refractivity contribution in [1.29, 1.82) is 0 Å². The molecule has 0 fully saturated rings. The minimum absolute atomic E-state index is 0.372. The van der Waals surface area contributed by atoms with Crippen molar-refractivity contribution in [3.05, 3.63) is 65.2 Å². The van der Waals surface area contributed by atoms with Gasteiger partial charge in [-0.25, -0.2) is 0 Å². The third-order valence-electron chi connectivity index (χ3n) is 3.15. The quantitative estimate of drug-likeness (QED) is 0.681. The average Bonchev–Trinajstić information content (AvgIpc) is 2.46. The van der Waals surface area contributed by atoms with Crippen LogP contribution < -0.4 is 4.74 Å². The van der Waals surface area contributed by atoms with E-state index in [4.69, 9.17) is 4.74 Å². The van der Waals surface area contributed by atoms with E-state index in [0.29, 0.717) is 11.4 Å². The molecule has 2 aromatic rings. The third-order valence-corrected chi connectivity index (χ3v) is 3.68. The molecule has 0 aromatic heterocycles. The molecular formula is C17H19BrO. The monoisotopic (exact) mass is 318 g/mol. The van der Waals surface area contributed by atoms with Crippen LogP contribution in [0, 0.1) is 0 Å². The highest BCUT2D eigenvalue weighted by Gasteiger charge is 2.02. The van der Waals surface area contributed by atoms with Crippen molar-refractivity contribution in [2.24, 2.45) is 0 Å². The van der Waals surface area contributed by atoms with Gasteiger partial charge in [-0.3, -0.25) is 0 Å². The summed E-state index contributed by atoms with van der Waals surface area (Å²) in [4.78, 5) is 0.372. The van der Waals surface area contributed by atoms with E-state index < -0.39 is 0 Å². The first kappa shape index (κ1) is 14.1. The van der Waals surface area contributed by atoms with Gasteiger partial charge in [0, 0.05) is 4.83 Å². The van der Waals surface area contributed by atoms with Gasteiger partial charge in [0.25, 0.3) is 0 Å². The van der Waals surface area contributed by atoms with Gasteiger partial charge in [-0.2, -0.15) is 0 Å². The molecule has 2 aromatic carbocycles. The largest absolute Gasteiger partial charge is 0.489 e. The summed E-state index contributed by atoms with van der Waals surface area (Å²) >= 11 is 3.59. The second-order valence-electron chi connectivity index (χ2n) is 4.65. The van der Waals surface area contributed by atoms with Crippen molar-refractivity contribution >= 4 is 15.9 Å². The van der Waals surface area contributed by atoms with E-state index in [-0.39, 0.29) is 0 Å². The van der Waals surface area contributed by atoms with Gasteiger partial charge in [0.1, 0.15) is 12.4 Å². The number of halogens is 1. The van der Waals surface area contributed by atoms with Crippen molar-refractivity contribution in [3.63, 3.8) is 0 Å². The van der Waals surface area contributed by atoms with Crippen molar-refractivity contribution in [1.82, 2.24) is 0 Å². The third kappa shape index (κ3) is 4.10. The molecule has 1 atom stereocenters. The van der Waals surface area contributed by atoms with Crippen LogP contribution in [0.15, 0.2) is 48.5 Å². The lowest BCUT2D eigenvalue weighted by Crippen LogP contribution is -1.96. The van der Waals surface area contributed by atoms with Gasteiger partial charge in [0.15, 0.2) is 0 Å². The molecule has 0 aliphatic carbocycles. The van der Waals surface area contributed by atoms with Gasteiger partial charge in [0.05, 0.1) is 0 Å². The van der Waals surface area contributed by atoms with Crippen LogP contribution in [0.1, 0.15) is 35.4 Å². The molecule has 100 valence electrons. The van der Waals surface area contributed by atoms with E-state index in [2.05, 4.69) is 66.2 Å². The van der Waals surface area contributed by atoms with Gasteiger partial charge < -0.3 is 4.74 Å². The number of alkyl halides is 1. The number of aryl methyl sites for hydroxylation is 1. The highest BCUT2D eigenvalue weighted by atomic mass is 79.9. The Morgan fingerprint density at radius 2 is 1.79 bits per heavy atom. The summed E-state index contributed by atoms with van der Waals surface area (Å²) in [6.45, 7) is 4.89. The second-order valence-corrected chi connectivity index (χ2v) is 6.02. The van der Waals surface area contributed by atoms with Gasteiger partial charge in [-0.05, 0) is 42.2 Å². The van der Waals surface area contributed by atoms with Crippen molar-refractivity contribution in [2.75, 3.05) is 0 Å². The molecule has 2 rings (SSSR count). The number of benzene rings is 2. The Kier molecular flexibility index (Phi) is 5.03. The Hall–Kier alpha value is -1.28. The van der Waals surface area contributed by atoms with E-state index in [1.807, 2.05) is 12.1 Å².